The number of halogens is 1. The minimum Gasteiger partial charge on any atom is -0.380 e. The highest BCUT2D eigenvalue weighted by atomic mass is 19.1. The smallest absolute Gasteiger partial charge is 0.151 e. The van der Waals surface area contributed by atoms with Crippen LogP contribution >= 0.6 is 0 Å². The van der Waals surface area contributed by atoms with Crippen LogP contribution in [0, 0.1) is 5.82 Å². The maximum absolute atomic E-state index is 13.5. The van der Waals surface area contributed by atoms with Crippen molar-refractivity contribution in [2.75, 3.05) is 13.7 Å². The van der Waals surface area contributed by atoms with Gasteiger partial charge in [-0.1, -0.05) is 6.07 Å². The molecule has 0 aliphatic heterocycles. The van der Waals surface area contributed by atoms with Gasteiger partial charge in [0.25, 0.3) is 0 Å². The molecule has 2 N–H and O–H groups in total. The molecule has 2 aromatic rings. The lowest BCUT2D eigenvalue weighted by atomic mass is 10.2. The number of nitrogens with zero attached hydrogens (tertiary/aromatic N) is 2. The summed E-state index contributed by atoms with van der Waals surface area (Å²) in [5.41, 5.74) is 6.75. The fourth-order valence-electron chi connectivity index (χ4n) is 1.88. The summed E-state index contributed by atoms with van der Waals surface area (Å²) in [5, 5.41) is 0. The van der Waals surface area contributed by atoms with Gasteiger partial charge < -0.3 is 15.0 Å². The van der Waals surface area contributed by atoms with E-state index in [-0.39, 0.29) is 11.9 Å². The number of fused-ring (bicyclic) bond motifs is 1. The number of aryl methyl sites for hydroxylation is 1. The van der Waals surface area contributed by atoms with Crippen LogP contribution in [0.2, 0.25) is 0 Å². The molecule has 2 rings (SSSR count). The maximum atomic E-state index is 13.5. The van der Waals surface area contributed by atoms with Crippen molar-refractivity contribution in [1.29, 1.82) is 0 Å². The third kappa shape index (κ3) is 2.16. The van der Waals surface area contributed by atoms with Gasteiger partial charge >= 0.3 is 0 Å². The van der Waals surface area contributed by atoms with Gasteiger partial charge in [0.05, 0.1) is 11.6 Å². The van der Waals surface area contributed by atoms with Crippen LogP contribution in [0.3, 0.4) is 0 Å². The Labute approximate surface area is 99.2 Å². The van der Waals surface area contributed by atoms with Crippen LogP contribution in [-0.4, -0.2) is 29.3 Å². The molecule has 0 amide bonds. The Morgan fingerprint density at radius 2 is 2.29 bits per heavy atom. The molecule has 92 valence electrons. The lowest BCUT2D eigenvalue weighted by molar-refractivity contribution is 0.108. The van der Waals surface area contributed by atoms with Crippen LogP contribution in [-0.2, 0) is 18.2 Å². The van der Waals surface area contributed by atoms with Crippen LogP contribution in [0.1, 0.15) is 5.82 Å². The fourth-order valence-corrected chi connectivity index (χ4v) is 1.88. The van der Waals surface area contributed by atoms with E-state index in [9.17, 15) is 4.39 Å². The molecule has 0 radical (unpaired) electrons. The predicted molar refractivity (Wildman–Crippen MR) is 64.2 cm³/mol. The van der Waals surface area contributed by atoms with E-state index in [2.05, 4.69) is 4.98 Å². The molecular weight excluding hydrogens is 221 g/mol. The van der Waals surface area contributed by atoms with Gasteiger partial charge in [0.15, 0.2) is 5.82 Å². The SMILES string of the molecule is COC(CN)Cc1nc2c(F)cccc2n1C. The van der Waals surface area contributed by atoms with Crippen LogP contribution in [0.5, 0.6) is 0 Å². The van der Waals surface area contributed by atoms with Gasteiger partial charge in [0.1, 0.15) is 11.3 Å². The molecule has 17 heavy (non-hydrogen) atoms. The number of aromatic nitrogens is 2. The average molecular weight is 237 g/mol. The molecule has 1 aromatic heterocycles. The first kappa shape index (κ1) is 12.0. The third-order valence-electron chi connectivity index (χ3n) is 2.96. The van der Waals surface area contributed by atoms with Crippen molar-refractivity contribution in [3.05, 3.63) is 29.8 Å². The Morgan fingerprint density at radius 1 is 1.53 bits per heavy atom. The zero-order chi connectivity index (χ0) is 12.4. The molecule has 1 heterocycles. The molecule has 0 bridgehead atoms. The third-order valence-corrected chi connectivity index (χ3v) is 2.96. The molecule has 1 unspecified atom stereocenters. The molecule has 0 fully saturated rings. The Kier molecular flexibility index (Phi) is 3.40. The second-order valence-electron chi connectivity index (χ2n) is 3.99. The van der Waals surface area contributed by atoms with E-state index < -0.39 is 0 Å². The molecule has 0 saturated carbocycles. The summed E-state index contributed by atoms with van der Waals surface area (Å²) in [7, 11) is 3.48. The number of imidazole rings is 1. The quantitative estimate of drug-likeness (QED) is 0.870. The summed E-state index contributed by atoms with van der Waals surface area (Å²) in [4.78, 5) is 4.30. The molecule has 0 saturated heterocycles. The molecule has 1 atom stereocenters. The predicted octanol–water partition coefficient (Wildman–Crippen LogP) is 1.23. The summed E-state index contributed by atoms with van der Waals surface area (Å²) >= 11 is 0. The van der Waals surface area contributed by atoms with Gasteiger partial charge in [-0.05, 0) is 12.1 Å². The molecule has 5 heteroatoms. The number of methoxy groups -OCH3 is 1. The summed E-state index contributed by atoms with van der Waals surface area (Å²) in [6.07, 6.45) is 0.492. The second-order valence-corrected chi connectivity index (χ2v) is 3.99. The molecule has 0 aliphatic rings. The van der Waals surface area contributed by atoms with Crippen molar-refractivity contribution in [3.8, 4) is 0 Å². The largest absolute Gasteiger partial charge is 0.380 e. The number of para-hydroxylation sites is 1. The monoisotopic (exact) mass is 237 g/mol. The molecular formula is C12H16FN3O. The number of nitrogens with two attached hydrogens (primary N) is 1. The number of benzene rings is 1. The van der Waals surface area contributed by atoms with Gasteiger partial charge in [0, 0.05) is 27.1 Å². The van der Waals surface area contributed by atoms with Crippen molar-refractivity contribution >= 4 is 11.0 Å². The Hall–Kier alpha value is -1.46. The van der Waals surface area contributed by atoms with Gasteiger partial charge in [0.2, 0.25) is 0 Å². The second kappa shape index (κ2) is 4.81. The van der Waals surface area contributed by atoms with Gasteiger partial charge in [-0.15, -0.1) is 0 Å². The highest BCUT2D eigenvalue weighted by molar-refractivity contribution is 5.76. The Bertz CT molecular complexity index is 520. The van der Waals surface area contributed by atoms with E-state index >= 15 is 0 Å². The zero-order valence-electron chi connectivity index (χ0n) is 9.98. The molecule has 0 aliphatic carbocycles. The first-order valence-electron chi connectivity index (χ1n) is 5.50. The number of ether oxygens (including phenoxy) is 1. The standard InChI is InChI=1S/C12H16FN3O/c1-16-10-5-3-4-9(13)12(10)15-11(16)6-8(7-14)17-2/h3-5,8H,6-7,14H2,1-2H3. The van der Waals surface area contributed by atoms with E-state index in [0.717, 1.165) is 11.3 Å². The van der Waals surface area contributed by atoms with Gasteiger partial charge in [-0.25, -0.2) is 9.37 Å². The number of hydrogen-bond donors (Lipinski definition) is 1. The van der Waals surface area contributed by atoms with Crippen molar-refractivity contribution in [1.82, 2.24) is 9.55 Å². The summed E-state index contributed by atoms with van der Waals surface area (Å²) < 4.78 is 20.6. The summed E-state index contributed by atoms with van der Waals surface area (Å²) in [5.74, 6) is 0.480. The normalized spacial score (nSPS) is 13.2. The maximum Gasteiger partial charge on any atom is 0.151 e. The van der Waals surface area contributed by atoms with Gasteiger partial charge in [-0.2, -0.15) is 0 Å². The van der Waals surface area contributed by atoms with E-state index in [1.807, 2.05) is 17.7 Å². The molecule has 1 aromatic carbocycles. The number of hydrogen-bond acceptors (Lipinski definition) is 3. The van der Waals surface area contributed by atoms with E-state index in [0.29, 0.717) is 18.5 Å². The van der Waals surface area contributed by atoms with E-state index in [1.165, 1.54) is 6.07 Å². The van der Waals surface area contributed by atoms with Crippen molar-refractivity contribution in [3.63, 3.8) is 0 Å². The van der Waals surface area contributed by atoms with Crippen LogP contribution in [0.25, 0.3) is 11.0 Å². The number of rotatable bonds is 4. The first-order valence-corrected chi connectivity index (χ1v) is 5.50. The van der Waals surface area contributed by atoms with E-state index in [4.69, 9.17) is 10.5 Å². The average Bonchev–Trinajstić information content (AvgIpc) is 2.65. The molecule has 4 nitrogen and oxygen atoms in total. The van der Waals surface area contributed by atoms with Crippen LogP contribution < -0.4 is 5.73 Å². The van der Waals surface area contributed by atoms with Gasteiger partial charge in [-0.3, -0.25) is 0 Å². The van der Waals surface area contributed by atoms with Crippen molar-refractivity contribution in [2.24, 2.45) is 12.8 Å². The summed E-state index contributed by atoms with van der Waals surface area (Å²) in [6, 6.07) is 4.94. The van der Waals surface area contributed by atoms with Crippen molar-refractivity contribution < 1.29 is 9.13 Å². The first-order chi connectivity index (χ1) is 8.17. The lowest BCUT2D eigenvalue weighted by Gasteiger charge is -2.12. The summed E-state index contributed by atoms with van der Waals surface area (Å²) in [6.45, 7) is 0.419. The topological polar surface area (TPSA) is 53.1 Å². The molecule has 0 spiro atoms. The highest BCUT2D eigenvalue weighted by Gasteiger charge is 2.14. The zero-order valence-corrected chi connectivity index (χ0v) is 9.98. The minimum atomic E-state index is -0.300. The highest BCUT2D eigenvalue weighted by Crippen LogP contribution is 2.18. The lowest BCUT2D eigenvalue weighted by Crippen LogP contribution is -2.25. The van der Waals surface area contributed by atoms with Crippen molar-refractivity contribution in [2.45, 2.75) is 12.5 Å². The Morgan fingerprint density at radius 3 is 2.88 bits per heavy atom. The fraction of sp³-hybridized carbons (Fsp3) is 0.417. The van der Waals surface area contributed by atoms with Crippen LogP contribution in [0.4, 0.5) is 4.39 Å². The van der Waals surface area contributed by atoms with E-state index in [1.54, 1.807) is 13.2 Å². The van der Waals surface area contributed by atoms with Crippen LogP contribution in [0.15, 0.2) is 18.2 Å². The minimum absolute atomic E-state index is 0.0893. The Balaban J connectivity index is 2.42.